The number of fused-ring (bicyclic) bond motifs is 1. The van der Waals surface area contributed by atoms with E-state index in [0.717, 1.165) is 0 Å². The van der Waals surface area contributed by atoms with Crippen LogP contribution in [0.3, 0.4) is 0 Å². The first-order valence-corrected chi connectivity index (χ1v) is 7.36. The fourth-order valence-electron chi connectivity index (χ4n) is 2.34. The fraction of sp³-hybridized carbons (Fsp3) is 0.133. The number of benzene rings is 2. The third kappa shape index (κ3) is 3.28. The zero-order valence-corrected chi connectivity index (χ0v) is 13.4. The van der Waals surface area contributed by atoms with Gasteiger partial charge in [0.2, 0.25) is 0 Å². The van der Waals surface area contributed by atoms with Crippen LogP contribution in [0.2, 0.25) is 10.0 Å². The highest BCUT2D eigenvalue weighted by Gasteiger charge is 2.39. The summed E-state index contributed by atoms with van der Waals surface area (Å²) in [5.41, 5.74) is -3.90. The number of hydrogen-bond acceptors (Lipinski definition) is 1. The second-order valence-electron chi connectivity index (χ2n) is 5.10. The molecule has 0 aliphatic rings. The molecule has 0 radical (unpaired) electrons. The molecule has 132 valence electrons. The number of hydrogen-bond donors (Lipinski definition) is 1. The largest absolute Gasteiger partial charge is 0.418 e. The van der Waals surface area contributed by atoms with Gasteiger partial charge in [-0.25, -0.2) is 4.98 Å². The molecule has 3 aromatic rings. The number of imidazole rings is 1. The highest BCUT2D eigenvalue weighted by atomic mass is 35.5. The van der Waals surface area contributed by atoms with Gasteiger partial charge in [-0.05, 0) is 24.3 Å². The molecule has 3 rings (SSSR count). The number of nitrogens with zero attached hydrogens (tertiary/aromatic N) is 1. The Bertz CT molecular complexity index is 939. The fourth-order valence-corrected chi connectivity index (χ4v) is 2.92. The lowest BCUT2D eigenvalue weighted by Crippen LogP contribution is -2.11. The topological polar surface area (TPSA) is 28.7 Å². The van der Waals surface area contributed by atoms with Crippen molar-refractivity contribution in [3.63, 3.8) is 0 Å². The predicted molar refractivity (Wildman–Crippen MR) is 81.6 cm³/mol. The Morgan fingerprint density at radius 1 is 0.880 bits per heavy atom. The normalized spacial score (nSPS) is 12.8. The molecule has 0 fully saturated rings. The third-order valence-electron chi connectivity index (χ3n) is 3.42. The molecule has 2 nitrogen and oxygen atoms in total. The summed E-state index contributed by atoms with van der Waals surface area (Å²) in [7, 11) is 0. The van der Waals surface area contributed by atoms with Crippen molar-refractivity contribution >= 4 is 34.2 Å². The first-order chi connectivity index (χ1) is 11.5. The first kappa shape index (κ1) is 17.9. The number of rotatable bonds is 1. The predicted octanol–water partition coefficient (Wildman–Crippen LogP) is 6.57. The van der Waals surface area contributed by atoms with Crippen molar-refractivity contribution in [2.24, 2.45) is 0 Å². The summed E-state index contributed by atoms with van der Waals surface area (Å²) in [4.78, 5) is 6.22. The number of nitrogens with one attached hydrogen (secondary N) is 1. The molecule has 0 spiro atoms. The van der Waals surface area contributed by atoms with Gasteiger partial charge in [0.1, 0.15) is 11.3 Å². The van der Waals surface area contributed by atoms with Gasteiger partial charge < -0.3 is 4.98 Å². The van der Waals surface area contributed by atoms with Gasteiger partial charge in [0.15, 0.2) is 0 Å². The molecular formula is C15H6Cl2F6N2. The van der Waals surface area contributed by atoms with Crippen LogP contribution in [0, 0.1) is 0 Å². The maximum Gasteiger partial charge on any atom is 0.418 e. The Balaban J connectivity index is 2.34. The van der Waals surface area contributed by atoms with Crippen LogP contribution in [0.25, 0.3) is 22.4 Å². The summed E-state index contributed by atoms with van der Waals surface area (Å²) in [5.74, 6) is -0.157. The van der Waals surface area contributed by atoms with Crippen molar-refractivity contribution in [2.75, 3.05) is 0 Å². The van der Waals surface area contributed by atoms with Crippen LogP contribution in [0.1, 0.15) is 11.1 Å². The van der Waals surface area contributed by atoms with Gasteiger partial charge in [0.05, 0.1) is 32.3 Å². The average Bonchev–Trinajstić information content (AvgIpc) is 2.87. The highest BCUT2D eigenvalue weighted by Crippen LogP contribution is 2.41. The van der Waals surface area contributed by atoms with Crippen molar-refractivity contribution in [2.45, 2.75) is 12.4 Å². The van der Waals surface area contributed by atoms with E-state index in [1.54, 1.807) is 0 Å². The molecular weight excluding hydrogens is 393 g/mol. The van der Waals surface area contributed by atoms with Gasteiger partial charge in [-0.3, -0.25) is 0 Å². The molecule has 1 N–H and O–H groups in total. The number of halogens is 8. The first-order valence-electron chi connectivity index (χ1n) is 6.61. The van der Waals surface area contributed by atoms with Crippen LogP contribution in [0.4, 0.5) is 26.3 Å². The third-order valence-corrected chi connectivity index (χ3v) is 4.05. The summed E-state index contributed by atoms with van der Waals surface area (Å²) in [6, 6.07) is 4.97. The van der Waals surface area contributed by atoms with Crippen molar-refractivity contribution in [1.29, 1.82) is 0 Å². The van der Waals surface area contributed by atoms with E-state index in [9.17, 15) is 26.3 Å². The number of aromatic nitrogens is 2. The quantitative estimate of drug-likeness (QED) is 0.461. The minimum absolute atomic E-state index is 0.0289. The van der Waals surface area contributed by atoms with E-state index in [1.165, 1.54) is 18.2 Å². The van der Waals surface area contributed by atoms with Crippen molar-refractivity contribution in [3.8, 4) is 11.4 Å². The minimum atomic E-state index is -5.02. The molecule has 0 unspecified atom stereocenters. The molecule has 0 aliphatic heterocycles. The smallest absolute Gasteiger partial charge is 0.338 e. The maximum atomic E-state index is 13.2. The van der Waals surface area contributed by atoms with E-state index in [4.69, 9.17) is 23.2 Å². The van der Waals surface area contributed by atoms with Crippen molar-refractivity contribution in [3.05, 3.63) is 51.5 Å². The molecule has 25 heavy (non-hydrogen) atoms. The van der Waals surface area contributed by atoms with E-state index in [1.807, 2.05) is 0 Å². The summed E-state index contributed by atoms with van der Waals surface area (Å²) in [5, 5.41) is 0.187. The lowest BCUT2D eigenvalue weighted by Gasteiger charge is -2.11. The molecule has 0 saturated heterocycles. The zero-order chi connectivity index (χ0) is 18.6. The van der Waals surface area contributed by atoms with E-state index in [-0.39, 0.29) is 27.5 Å². The number of aromatic amines is 1. The van der Waals surface area contributed by atoms with E-state index in [2.05, 4.69) is 9.97 Å². The summed E-state index contributed by atoms with van der Waals surface area (Å²) < 4.78 is 78.2. The zero-order valence-electron chi connectivity index (χ0n) is 11.9. The molecule has 0 saturated carbocycles. The number of H-pyrrole nitrogens is 1. The van der Waals surface area contributed by atoms with Crippen LogP contribution < -0.4 is 0 Å². The maximum absolute atomic E-state index is 13.2. The lowest BCUT2D eigenvalue weighted by molar-refractivity contribution is -0.142. The Morgan fingerprint density at radius 3 is 2.00 bits per heavy atom. The molecule has 1 heterocycles. The van der Waals surface area contributed by atoms with Crippen LogP contribution in [-0.2, 0) is 12.4 Å². The summed E-state index contributed by atoms with van der Waals surface area (Å²) in [6.07, 6.45) is -9.96. The van der Waals surface area contributed by atoms with Crippen LogP contribution in [-0.4, -0.2) is 9.97 Å². The van der Waals surface area contributed by atoms with Crippen molar-refractivity contribution in [1.82, 2.24) is 9.97 Å². The number of alkyl halides is 6. The molecule has 0 aliphatic carbocycles. The van der Waals surface area contributed by atoms with E-state index >= 15 is 0 Å². The standard InChI is InChI=1S/C15H6Cl2F6N2/c16-8-2-1-3-9(17)11(8)13-24-10-5-6(14(18,19)20)4-7(12(10)25-13)15(21,22)23/h1-5H,(H,24,25). The molecule has 1 aromatic heterocycles. The van der Waals surface area contributed by atoms with Gasteiger partial charge in [0.25, 0.3) is 0 Å². The molecule has 0 bridgehead atoms. The average molecular weight is 399 g/mol. The van der Waals surface area contributed by atoms with Gasteiger partial charge in [-0.2, -0.15) is 26.3 Å². The Labute approximate surface area is 146 Å². The summed E-state index contributed by atoms with van der Waals surface area (Å²) in [6.45, 7) is 0. The van der Waals surface area contributed by atoms with Gasteiger partial charge in [-0.15, -0.1) is 0 Å². The minimum Gasteiger partial charge on any atom is -0.338 e. The van der Waals surface area contributed by atoms with Crippen LogP contribution in [0.15, 0.2) is 30.3 Å². The molecule has 10 heteroatoms. The van der Waals surface area contributed by atoms with Crippen molar-refractivity contribution < 1.29 is 26.3 Å². The van der Waals surface area contributed by atoms with E-state index in [0.29, 0.717) is 6.07 Å². The second-order valence-corrected chi connectivity index (χ2v) is 5.91. The SMILES string of the molecule is FC(F)(F)c1cc(C(F)(F)F)c2nc(-c3c(Cl)cccc3Cl)[nH]c2c1. The Morgan fingerprint density at radius 2 is 1.48 bits per heavy atom. The Kier molecular flexibility index (Phi) is 4.15. The lowest BCUT2D eigenvalue weighted by atomic mass is 10.1. The van der Waals surface area contributed by atoms with Crippen LogP contribution >= 0.6 is 23.2 Å². The molecule has 2 aromatic carbocycles. The van der Waals surface area contributed by atoms with Gasteiger partial charge >= 0.3 is 12.4 Å². The van der Waals surface area contributed by atoms with E-state index < -0.39 is 34.5 Å². The second kappa shape index (κ2) is 5.81. The van der Waals surface area contributed by atoms with Gasteiger partial charge in [-0.1, -0.05) is 29.3 Å². The van der Waals surface area contributed by atoms with Crippen LogP contribution in [0.5, 0.6) is 0 Å². The molecule has 0 atom stereocenters. The summed E-state index contributed by atoms with van der Waals surface area (Å²) >= 11 is 12.0. The monoisotopic (exact) mass is 398 g/mol. The van der Waals surface area contributed by atoms with Gasteiger partial charge in [0, 0.05) is 0 Å². The highest BCUT2D eigenvalue weighted by molar-refractivity contribution is 6.39. The Hall–Kier alpha value is -1.93. The molecule has 0 amide bonds.